The Morgan fingerprint density at radius 1 is 1.27 bits per heavy atom. The van der Waals surface area contributed by atoms with E-state index < -0.39 is 0 Å². The third-order valence-electron chi connectivity index (χ3n) is 1.64. The molecule has 1 rings (SSSR count). The van der Waals surface area contributed by atoms with Crippen LogP contribution >= 0.6 is 0 Å². The van der Waals surface area contributed by atoms with Crippen LogP contribution in [0.3, 0.4) is 0 Å². The Hall–Kier alpha value is -0.920. The summed E-state index contributed by atoms with van der Waals surface area (Å²) >= 11 is 0. The Labute approximate surface area is 66.3 Å². The van der Waals surface area contributed by atoms with Gasteiger partial charge in [-0.3, -0.25) is 9.59 Å². The standard InChI is InChI=1S/C9H12O2/c1-6(2)3-7-4-8(10)5-9(7)11/h3,6H,4-5H2,1-2H3/b7-3+. The minimum atomic E-state index is 0.0173. The summed E-state index contributed by atoms with van der Waals surface area (Å²) < 4.78 is 0. The fourth-order valence-electron chi connectivity index (χ4n) is 1.22. The lowest BCUT2D eigenvalue weighted by Gasteiger charge is -1.96. The molecule has 0 radical (unpaired) electrons. The number of Topliss-reactive ketones (excluding diaryl/α,β-unsaturated/α-hetero) is 2. The van der Waals surface area contributed by atoms with Crippen LogP contribution in [-0.2, 0) is 9.59 Å². The van der Waals surface area contributed by atoms with E-state index in [1.807, 2.05) is 19.9 Å². The van der Waals surface area contributed by atoms with Crippen molar-refractivity contribution >= 4 is 11.6 Å². The summed E-state index contributed by atoms with van der Waals surface area (Å²) in [5.74, 6) is 0.436. The SMILES string of the molecule is CC(C)/C=C1\CC(=O)CC1=O. The van der Waals surface area contributed by atoms with Gasteiger partial charge in [-0.25, -0.2) is 0 Å². The van der Waals surface area contributed by atoms with Crippen molar-refractivity contribution in [3.05, 3.63) is 11.6 Å². The summed E-state index contributed by atoms with van der Waals surface area (Å²) in [7, 11) is 0. The molecule has 0 aromatic heterocycles. The van der Waals surface area contributed by atoms with Crippen LogP contribution in [0.2, 0.25) is 0 Å². The third kappa shape index (κ3) is 2.00. The molecule has 2 nitrogen and oxygen atoms in total. The van der Waals surface area contributed by atoms with E-state index >= 15 is 0 Å². The average molecular weight is 152 g/mol. The first kappa shape index (κ1) is 8.18. The van der Waals surface area contributed by atoms with E-state index in [1.165, 1.54) is 0 Å². The van der Waals surface area contributed by atoms with Crippen molar-refractivity contribution in [2.24, 2.45) is 5.92 Å². The lowest BCUT2D eigenvalue weighted by atomic mass is 10.1. The molecular weight excluding hydrogens is 140 g/mol. The average Bonchev–Trinajstić information content (AvgIpc) is 2.09. The van der Waals surface area contributed by atoms with Gasteiger partial charge in [-0.15, -0.1) is 0 Å². The smallest absolute Gasteiger partial charge is 0.166 e. The molecule has 2 heteroatoms. The van der Waals surface area contributed by atoms with E-state index in [2.05, 4.69) is 0 Å². The molecule has 0 spiro atoms. The zero-order valence-corrected chi connectivity index (χ0v) is 6.89. The van der Waals surface area contributed by atoms with Crippen LogP contribution in [0.25, 0.3) is 0 Å². The Morgan fingerprint density at radius 2 is 1.91 bits per heavy atom. The molecule has 0 unspecified atom stereocenters. The summed E-state index contributed by atoms with van der Waals surface area (Å²) in [5.41, 5.74) is 0.713. The molecule has 0 aromatic rings. The van der Waals surface area contributed by atoms with Gasteiger partial charge in [0.05, 0.1) is 6.42 Å². The van der Waals surface area contributed by atoms with Crippen LogP contribution < -0.4 is 0 Å². The fraction of sp³-hybridized carbons (Fsp3) is 0.556. The highest BCUT2D eigenvalue weighted by Crippen LogP contribution is 2.18. The maximum atomic E-state index is 11.0. The van der Waals surface area contributed by atoms with Crippen LogP contribution in [-0.4, -0.2) is 11.6 Å². The van der Waals surface area contributed by atoms with Crippen LogP contribution in [0, 0.1) is 5.92 Å². The molecule has 1 aliphatic rings. The van der Waals surface area contributed by atoms with Crippen LogP contribution in [0.5, 0.6) is 0 Å². The molecule has 1 fully saturated rings. The van der Waals surface area contributed by atoms with Gasteiger partial charge in [0, 0.05) is 6.42 Å². The number of ketones is 2. The molecule has 0 heterocycles. The molecule has 11 heavy (non-hydrogen) atoms. The van der Waals surface area contributed by atoms with Gasteiger partial charge in [-0.1, -0.05) is 19.9 Å². The Balaban J connectivity index is 2.75. The summed E-state index contributed by atoms with van der Waals surface area (Å²) in [6, 6.07) is 0. The highest BCUT2D eigenvalue weighted by atomic mass is 16.2. The maximum absolute atomic E-state index is 11.0. The number of hydrogen-bond donors (Lipinski definition) is 0. The zero-order chi connectivity index (χ0) is 8.43. The van der Waals surface area contributed by atoms with E-state index in [4.69, 9.17) is 0 Å². The van der Waals surface area contributed by atoms with Gasteiger partial charge in [0.2, 0.25) is 0 Å². The molecule has 0 bridgehead atoms. The van der Waals surface area contributed by atoms with Gasteiger partial charge < -0.3 is 0 Å². The monoisotopic (exact) mass is 152 g/mol. The summed E-state index contributed by atoms with van der Waals surface area (Å²) in [6.45, 7) is 4.01. The Kier molecular flexibility index (Phi) is 2.22. The predicted molar refractivity (Wildman–Crippen MR) is 42.2 cm³/mol. The quantitative estimate of drug-likeness (QED) is 0.421. The predicted octanol–water partition coefficient (Wildman–Crippen LogP) is 1.50. The van der Waals surface area contributed by atoms with Crippen molar-refractivity contribution in [3.63, 3.8) is 0 Å². The summed E-state index contributed by atoms with van der Waals surface area (Å²) in [4.78, 5) is 21.8. The highest BCUT2D eigenvalue weighted by molar-refractivity contribution is 6.16. The molecule has 0 aromatic carbocycles. The van der Waals surface area contributed by atoms with Crippen molar-refractivity contribution in [1.82, 2.24) is 0 Å². The van der Waals surface area contributed by atoms with Crippen molar-refractivity contribution in [3.8, 4) is 0 Å². The van der Waals surface area contributed by atoms with E-state index in [-0.39, 0.29) is 18.0 Å². The van der Waals surface area contributed by atoms with Crippen molar-refractivity contribution in [2.45, 2.75) is 26.7 Å². The van der Waals surface area contributed by atoms with Gasteiger partial charge >= 0.3 is 0 Å². The number of carbonyl (C=O) groups excluding carboxylic acids is 2. The van der Waals surface area contributed by atoms with Gasteiger partial charge in [0.1, 0.15) is 5.78 Å². The number of allylic oxidation sites excluding steroid dienone is 2. The molecule has 0 atom stereocenters. The summed E-state index contributed by atoms with van der Waals surface area (Å²) in [6.07, 6.45) is 2.36. The van der Waals surface area contributed by atoms with Crippen LogP contribution in [0.1, 0.15) is 26.7 Å². The Morgan fingerprint density at radius 3 is 2.27 bits per heavy atom. The fourth-order valence-corrected chi connectivity index (χ4v) is 1.22. The van der Waals surface area contributed by atoms with E-state index in [0.29, 0.717) is 17.9 Å². The number of carbonyl (C=O) groups is 2. The third-order valence-corrected chi connectivity index (χ3v) is 1.64. The van der Waals surface area contributed by atoms with Crippen molar-refractivity contribution < 1.29 is 9.59 Å². The second-order valence-corrected chi connectivity index (χ2v) is 3.25. The molecule has 60 valence electrons. The zero-order valence-electron chi connectivity index (χ0n) is 6.89. The minimum absolute atomic E-state index is 0.0173. The first-order valence-corrected chi connectivity index (χ1v) is 3.85. The number of hydrogen-bond acceptors (Lipinski definition) is 2. The minimum Gasteiger partial charge on any atom is -0.299 e. The van der Waals surface area contributed by atoms with Gasteiger partial charge in [-0.05, 0) is 11.5 Å². The molecule has 0 saturated heterocycles. The van der Waals surface area contributed by atoms with Crippen molar-refractivity contribution in [2.75, 3.05) is 0 Å². The first-order valence-electron chi connectivity index (χ1n) is 3.85. The largest absolute Gasteiger partial charge is 0.299 e. The number of rotatable bonds is 1. The Bertz CT molecular complexity index is 224. The second-order valence-electron chi connectivity index (χ2n) is 3.25. The summed E-state index contributed by atoms with van der Waals surface area (Å²) in [5, 5.41) is 0. The highest BCUT2D eigenvalue weighted by Gasteiger charge is 2.24. The second kappa shape index (κ2) is 2.99. The molecule has 0 amide bonds. The lowest BCUT2D eigenvalue weighted by Crippen LogP contribution is -1.93. The van der Waals surface area contributed by atoms with Gasteiger partial charge in [0.25, 0.3) is 0 Å². The van der Waals surface area contributed by atoms with E-state index in [1.54, 1.807) is 0 Å². The van der Waals surface area contributed by atoms with Gasteiger partial charge in [-0.2, -0.15) is 0 Å². The topological polar surface area (TPSA) is 34.1 Å². The van der Waals surface area contributed by atoms with E-state index in [9.17, 15) is 9.59 Å². The maximum Gasteiger partial charge on any atom is 0.166 e. The molecule has 1 aliphatic carbocycles. The van der Waals surface area contributed by atoms with E-state index in [0.717, 1.165) is 0 Å². The van der Waals surface area contributed by atoms with Crippen molar-refractivity contribution in [1.29, 1.82) is 0 Å². The molecular formula is C9H12O2. The molecule has 0 N–H and O–H groups in total. The van der Waals surface area contributed by atoms with Crippen LogP contribution in [0.15, 0.2) is 11.6 Å². The van der Waals surface area contributed by atoms with Crippen LogP contribution in [0.4, 0.5) is 0 Å². The lowest BCUT2D eigenvalue weighted by molar-refractivity contribution is -0.121. The molecule has 1 saturated carbocycles. The molecule has 0 aliphatic heterocycles. The normalized spacial score (nSPS) is 22.3. The first-order chi connectivity index (χ1) is 5.09. The van der Waals surface area contributed by atoms with Gasteiger partial charge in [0.15, 0.2) is 5.78 Å².